The van der Waals surface area contributed by atoms with Gasteiger partial charge in [0.1, 0.15) is 5.82 Å². The Labute approximate surface area is 84.1 Å². The number of benzene rings is 1. The van der Waals surface area contributed by atoms with Gasteiger partial charge < -0.3 is 10.1 Å². The van der Waals surface area contributed by atoms with E-state index in [2.05, 4.69) is 5.32 Å². The lowest BCUT2D eigenvalue weighted by atomic mass is 10.2. The number of nitrogens with one attached hydrogen (secondary N) is 1. The zero-order chi connectivity index (χ0) is 10.4. The van der Waals surface area contributed by atoms with Crippen molar-refractivity contribution in [2.24, 2.45) is 0 Å². The van der Waals surface area contributed by atoms with Crippen molar-refractivity contribution in [1.29, 1.82) is 0 Å². The molecule has 0 aliphatic rings. The lowest BCUT2D eigenvalue weighted by Gasteiger charge is -2.08. The normalized spacial score (nSPS) is 10.2. The highest BCUT2D eigenvalue weighted by Crippen LogP contribution is 2.15. The smallest absolute Gasteiger partial charge is 0.123 e. The maximum Gasteiger partial charge on any atom is 0.123 e. The summed E-state index contributed by atoms with van der Waals surface area (Å²) < 4.78 is 17.7. The van der Waals surface area contributed by atoms with E-state index in [1.54, 1.807) is 13.2 Å². The SMILES string of the molecule is COCCCNc1ccc(F)cc1C. The van der Waals surface area contributed by atoms with Crippen molar-refractivity contribution in [1.82, 2.24) is 0 Å². The zero-order valence-electron chi connectivity index (χ0n) is 8.64. The van der Waals surface area contributed by atoms with Crippen molar-refractivity contribution in [3.8, 4) is 0 Å². The fourth-order valence-electron chi connectivity index (χ4n) is 1.26. The molecule has 0 aliphatic carbocycles. The molecule has 0 radical (unpaired) electrons. The first-order chi connectivity index (χ1) is 6.74. The highest BCUT2D eigenvalue weighted by molar-refractivity contribution is 5.50. The molecule has 0 fully saturated rings. The van der Waals surface area contributed by atoms with Crippen LogP contribution in [0.15, 0.2) is 18.2 Å². The van der Waals surface area contributed by atoms with Crippen LogP contribution >= 0.6 is 0 Å². The monoisotopic (exact) mass is 197 g/mol. The molecule has 3 heteroatoms. The van der Waals surface area contributed by atoms with Crippen LogP contribution in [0.4, 0.5) is 10.1 Å². The molecular formula is C11H16FNO. The molecule has 1 aromatic rings. The second-order valence-electron chi connectivity index (χ2n) is 3.23. The highest BCUT2D eigenvalue weighted by atomic mass is 19.1. The summed E-state index contributed by atoms with van der Waals surface area (Å²) >= 11 is 0. The topological polar surface area (TPSA) is 21.3 Å². The fourth-order valence-corrected chi connectivity index (χ4v) is 1.26. The molecule has 0 atom stereocenters. The maximum atomic E-state index is 12.7. The van der Waals surface area contributed by atoms with Crippen molar-refractivity contribution >= 4 is 5.69 Å². The van der Waals surface area contributed by atoms with Gasteiger partial charge in [-0.2, -0.15) is 0 Å². The van der Waals surface area contributed by atoms with Gasteiger partial charge in [0.05, 0.1) is 0 Å². The molecule has 0 saturated carbocycles. The molecule has 0 saturated heterocycles. The van der Waals surface area contributed by atoms with Gasteiger partial charge >= 0.3 is 0 Å². The Morgan fingerprint density at radius 3 is 2.86 bits per heavy atom. The van der Waals surface area contributed by atoms with Crippen LogP contribution in [-0.4, -0.2) is 20.3 Å². The quantitative estimate of drug-likeness (QED) is 0.732. The standard InChI is InChI=1S/C11H16FNO/c1-9-8-10(12)4-5-11(9)13-6-3-7-14-2/h4-5,8,13H,3,6-7H2,1-2H3. The molecule has 0 amide bonds. The second-order valence-corrected chi connectivity index (χ2v) is 3.23. The van der Waals surface area contributed by atoms with Crippen molar-refractivity contribution in [3.05, 3.63) is 29.6 Å². The molecule has 0 heterocycles. The second kappa shape index (κ2) is 5.60. The van der Waals surface area contributed by atoms with E-state index >= 15 is 0 Å². The molecule has 14 heavy (non-hydrogen) atoms. The molecular weight excluding hydrogens is 181 g/mol. The van der Waals surface area contributed by atoms with E-state index in [0.717, 1.165) is 30.8 Å². The minimum Gasteiger partial charge on any atom is -0.385 e. The van der Waals surface area contributed by atoms with Gasteiger partial charge in [0.15, 0.2) is 0 Å². The van der Waals surface area contributed by atoms with Gasteiger partial charge in [-0.3, -0.25) is 0 Å². The van der Waals surface area contributed by atoms with E-state index in [-0.39, 0.29) is 5.82 Å². The Bertz CT molecular complexity index is 289. The predicted octanol–water partition coefficient (Wildman–Crippen LogP) is 2.58. The Balaban J connectivity index is 2.42. The lowest BCUT2D eigenvalue weighted by Crippen LogP contribution is -2.05. The first-order valence-electron chi connectivity index (χ1n) is 4.73. The van der Waals surface area contributed by atoms with E-state index in [1.807, 2.05) is 6.92 Å². The molecule has 1 aromatic carbocycles. The molecule has 1 N–H and O–H groups in total. The summed E-state index contributed by atoms with van der Waals surface area (Å²) in [7, 11) is 1.68. The molecule has 0 spiro atoms. The summed E-state index contributed by atoms with van der Waals surface area (Å²) in [5, 5.41) is 3.23. The molecule has 0 aromatic heterocycles. The van der Waals surface area contributed by atoms with Gasteiger partial charge in [-0.25, -0.2) is 4.39 Å². The summed E-state index contributed by atoms with van der Waals surface area (Å²) in [5.41, 5.74) is 1.92. The summed E-state index contributed by atoms with van der Waals surface area (Å²) in [5.74, 6) is -0.190. The Kier molecular flexibility index (Phi) is 4.40. The number of aryl methyl sites for hydroxylation is 1. The van der Waals surface area contributed by atoms with Crippen LogP contribution in [0.5, 0.6) is 0 Å². The average Bonchev–Trinajstić information content (AvgIpc) is 2.15. The minimum absolute atomic E-state index is 0.190. The summed E-state index contributed by atoms with van der Waals surface area (Å²) in [4.78, 5) is 0. The Morgan fingerprint density at radius 1 is 1.43 bits per heavy atom. The van der Waals surface area contributed by atoms with E-state index in [4.69, 9.17) is 4.74 Å². The molecule has 78 valence electrons. The van der Waals surface area contributed by atoms with E-state index in [1.165, 1.54) is 12.1 Å². The minimum atomic E-state index is -0.190. The third-order valence-corrected chi connectivity index (χ3v) is 2.03. The fraction of sp³-hybridized carbons (Fsp3) is 0.455. The van der Waals surface area contributed by atoms with Gasteiger partial charge in [-0.05, 0) is 37.1 Å². The van der Waals surface area contributed by atoms with Crippen LogP contribution in [0.1, 0.15) is 12.0 Å². The average molecular weight is 197 g/mol. The third kappa shape index (κ3) is 3.34. The van der Waals surface area contributed by atoms with E-state index in [9.17, 15) is 4.39 Å². The number of halogens is 1. The first-order valence-corrected chi connectivity index (χ1v) is 4.73. The summed E-state index contributed by atoms with van der Waals surface area (Å²) in [6, 6.07) is 4.75. The van der Waals surface area contributed by atoms with E-state index < -0.39 is 0 Å². The van der Waals surface area contributed by atoms with Gasteiger partial charge in [-0.15, -0.1) is 0 Å². The Morgan fingerprint density at radius 2 is 2.21 bits per heavy atom. The predicted molar refractivity (Wildman–Crippen MR) is 56.1 cm³/mol. The summed E-state index contributed by atoms with van der Waals surface area (Å²) in [6.45, 7) is 3.48. The van der Waals surface area contributed by atoms with Crippen LogP contribution in [0.3, 0.4) is 0 Å². The molecule has 0 unspecified atom stereocenters. The summed E-state index contributed by atoms with van der Waals surface area (Å²) in [6.07, 6.45) is 0.952. The third-order valence-electron chi connectivity index (χ3n) is 2.03. The zero-order valence-corrected chi connectivity index (χ0v) is 8.64. The van der Waals surface area contributed by atoms with Crippen LogP contribution in [-0.2, 0) is 4.74 Å². The number of ether oxygens (including phenoxy) is 1. The number of anilines is 1. The van der Waals surface area contributed by atoms with Gasteiger partial charge in [0.25, 0.3) is 0 Å². The van der Waals surface area contributed by atoms with E-state index in [0.29, 0.717) is 0 Å². The van der Waals surface area contributed by atoms with Crippen molar-refractivity contribution in [2.45, 2.75) is 13.3 Å². The van der Waals surface area contributed by atoms with Crippen LogP contribution in [0.25, 0.3) is 0 Å². The lowest BCUT2D eigenvalue weighted by molar-refractivity contribution is 0.198. The number of methoxy groups -OCH3 is 1. The van der Waals surface area contributed by atoms with Gasteiger partial charge in [-0.1, -0.05) is 0 Å². The molecule has 1 rings (SSSR count). The van der Waals surface area contributed by atoms with Crippen molar-refractivity contribution in [3.63, 3.8) is 0 Å². The highest BCUT2D eigenvalue weighted by Gasteiger charge is 1.98. The molecule has 2 nitrogen and oxygen atoms in total. The largest absolute Gasteiger partial charge is 0.385 e. The number of rotatable bonds is 5. The van der Waals surface area contributed by atoms with Gasteiger partial charge in [0, 0.05) is 25.9 Å². The van der Waals surface area contributed by atoms with Crippen molar-refractivity contribution < 1.29 is 9.13 Å². The van der Waals surface area contributed by atoms with Crippen LogP contribution in [0.2, 0.25) is 0 Å². The number of hydrogen-bond donors (Lipinski definition) is 1. The van der Waals surface area contributed by atoms with Crippen LogP contribution in [0, 0.1) is 12.7 Å². The van der Waals surface area contributed by atoms with Crippen LogP contribution < -0.4 is 5.32 Å². The van der Waals surface area contributed by atoms with Gasteiger partial charge in [0.2, 0.25) is 0 Å². The maximum absolute atomic E-state index is 12.7. The molecule has 0 aliphatic heterocycles. The van der Waals surface area contributed by atoms with Crippen molar-refractivity contribution in [2.75, 3.05) is 25.6 Å². The first kappa shape index (κ1) is 11.0. The Hall–Kier alpha value is -1.09. The number of hydrogen-bond acceptors (Lipinski definition) is 2. The molecule has 0 bridgehead atoms.